The first-order valence-corrected chi connectivity index (χ1v) is 3.64. The number of nitrogens with two attached hydrogens (primary N) is 1. The summed E-state index contributed by atoms with van der Waals surface area (Å²) in [5, 5.41) is 0. The third-order valence-corrected chi connectivity index (χ3v) is 1.57. The monoisotopic (exact) mass is 151 g/mol. The molecule has 0 aliphatic rings. The summed E-state index contributed by atoms with van der Waals surface area (Å²) in [4.78, 5) is 0. The van der Waals surface area contributed by atoms with E-state index in [9.17, 15) is 0 Å². The fourth-order valence-corrected chi connectivity index (χ4v) is 1.05. The molecule has 0 atom stereocenters. The van der Waals surface area contributed by atoms with Gasteiger partial charge in [-0.25, -0.2) is 0 Å². The van der Waals surface area contributed by atoms with Gasteiger partial charge in [-0.1, -0.05) is 17.7 Å². The Kier molecular flexibility index (Phi) is 2.49. The largest absolute Gasteiger partial charge is 0.478 e. The zero-order chi connectivity index (χ0) is 8.27. The average molecular weight is 151 g/mol. The van der Waals surface area contributed by atoms with Crippen molar-refractivity contribution in [3.05, 3.63) is 29.3 Å². The Labute approximate surface area is 67.0 Å². The van der Waals surface area contributed by atoms with Gasteiger partial charge < -0.3 is 4.74 Å². The van der Waals surface area contributed by atoms with Gasteiger partial charge in [0, 0.05) is 0 Å². The van der Waals surface area contributed by atoms with Crippen LogP contribution < -0.4 is 10.5 Å². The van der Waals surface area contributed by atoms with Crippen LogP contribution in [0.1, 0.15) is 11.1 Å². The van der Waals surface area contributed by atoms with Crippen LogP contribution in [0.2, 0.25) is 0 Å². The van der Waals surface area contributed by atoms with Gasteiger partial charge in [-0.15, -0.1) is 0 Å². The number of benzene rings is 1. The molecule has 0 aliphatic carbocycles. The minimum absolute atomic E-state index is 0.240. The summed E-state index contributed by atoms with van der Waals surface area (Å²) < 4.78 is 5.17. The van der Waals surface area contributed by atoms with Crippen LogP contribution in [-0.4, -0.2) is 6.73 Å². The van der Waals surface area contributed by atoms with Crippen LogP contribution in [-0.2, 0) is 0 Å². The molecule has 0 heterocycles. The molecule has 1 aromatic carbocycles. The molecule has 0 unspecified atom stereocenters. The standard InChI is InChI=1S/C9H13NO/c1-7-3-4-9(11-6-10)8(2)5-7/h3-5H,6,10H2,1-2H3. The van der Waals surface area contributed by atoms with Crippen molar-refractivity contribution in [1.82, 2.24) is 0 Å². The zero-order valence-corrected chi connectivity index (χ0v) is 6.92. The molecule has 2 nitrogen and oxygen atoms in total. The molecule has 11 heavy (non-hydrogen) atoms. The van der Waals surface area contributed by atoms with Crippen molar-refractivity contribution < 1.29 is 4.74 Å². The SMILES string of the molecule is Cc1ccc(OCN)c(C)c1. The van der Waals surface area contributed by atoms with E-state index >= 15 is 0 Å². The van der Waals surface area contributed by atoms with E-state index < -0.39 is 0 Å². The van der Waals surface area contributed by atoms with Gasteiger partial charge in [-0.3, -0.25) is 5.73 Å². The molecule has 0 spiro atoms. The van der Waals surface area contributed by atoms with E-state index in [4.69, 9.17) is 10.5 Å². The quantitative estimate of drug-likeness (QED) is 0.651. The highest BCUT2D eigenvalue weighted by Gasteiger charge is 1.96. The number of aryl methyl sites for hydroxylation is 2. The first-order chi connectivity index (χ1) is 5.24. The van der Waals surface area contributed by atoms with Gasteiger partial charge in [0.1, 0.15) is 12.5 Å². The number of hydrogen-bond acceptors (Lipinski definition) is 2. The highest BCUT2D eigenvalue weighted by Crippen LogP contribution is 2.17. The second kappa shape index (κ2) is 3.39. The summed E-state index contributed by atoms with van der Waals surface area (Å²) in [5.74, 6) is 0.873. The normalized spacial score (nSPS) is 9.73. The van der Waals surface area contributed by atoms with E-state index in [0.29, 0.717) is 0 Å². The number of rotatable bonds is 2. The minimum Gasteiger partial charge on any atom is -0.478 e. The van der Waals surface area contributed by atoms with E-state index in [-0.39, 0.29) is 6.73 Å². The smallest absolute Gasteiger partial charge is 0.137 e. The third-order valence-electron chi connectivity index (χ3n) is 1.57. The topological polar surface area (TPSA) is 35.2 Å². The Morgan fingerprint density at radius 2 is 2.09 bits per heavy atom. The van der Waals surface area contributed by atoms with Crippen LogP contribution in [0.15, 0.2) is 18.2 Å². The Hall–Kier alpha value is -1.02. The average Bonchev–Trinajstić information content (AvgIpc) is 1.95. The lowest BCUT2D eigenvalue weighted by molar-refractivity contribution is 0.327. The predicted molar refractivity (Wildman–Crippen MR) is 45.6 cm³/mol. The molecule has 0 bridgehead atoms. The maximum absolute atomic E-state index is 5.25. The summed E-state index contributed by atoms with van der Waals surface area (Å²) in [6.07, 6.45) is 0. The van der Waals surface area contributed by atoms with Gasteiger partial charge >= 0.3 is 0 Å². The molecule has 0 aromatic heterocycles. The van der Waals surface area contributed by atoms with Gasteiger partial charge in [-0.05, 0) is 25.5 Å². The third kappa shape index (κ3) is 1.95. The van der Waals surface area contributed by atoms with E-state index in [1.807, 2.05) is 19.1 Å². The van der Waals surface area contributed by atoms with Crippen molar-refractivity contribution >= 4 is 0 Å². The van der Waals surface area contributed by atoms with E-state index in [1.54, 1.807) is 0 Å². The zero-order valence-electron chi connectivity index (χ0n) is 6.92. The molecule has 1 aromatic rings. The highest BCUT2D eigenvalue weighted by atomic mass is 16.5. The summed E-state index contributed by atoms with van der Waals surface area (Å²) in [7, 11) is 0. The van der Waals surface area contributed by atoms with Crippen LogP contribution in [0.25, 0.3) is 0 Å². The van der Waals surface area contributed by atoms with E-state index in [0.717, 1.165) is 11.3 Å². The van der Waals surface area contributed by atoms with Crippen LogP contribution in [0.3, 0.4) is 0 Å². The van der Waals surface area contributed by atoms with Crippen LogP contribution in [0, 0.1) is 13.8 Å². The Morgan fingerprint density at radius 1 is 1.36 bits per heavy atom. The molecular weight excluding hydrogens is 138 g/mol. The molecule has 2 heteroatoms. The summed E-state index contributed by atoms with van der Waals surface area (Å²) in [6, 6.07) is 6.03. The fourth-order valence-electron chi connectivity index (χ4n) is 1.05. The van der Waals surface area contributed by atoms with E-state index in [1.165, 1.54) is 5.56 Å². The van der Waals surface area contributed by atoms with Crippen molar-refractivity contribution in [2.24, 2.45) is 5.73 Å². The summed E-state index contributed by atoms with van der Waals surface area (Å²) in [5.41, 5.74) is 7.62. The molecule has 1 rings (SSSR count). The second-order valence-electron chi connectivity index (χ2n) is 2.58. The molecule has 0 fully saturated rings. The lowest BCUT2D eigenvalue weighted by atomic mass is 10.1. The molecule has 2 N–H and O–H groups in total. The van der Waals surface area contributed by atoms with Crippen molar-refractivity contribution in [1.29, 1.82) is 0 Å². The summed E-state index contributed by atoms with van der Waals surface area (Å²) in [6.45, 7) is 4.31. The number of hydrogen-bond donors (Lipinski definition) is 1. The van der Waals surface area contributed by atoms with Gasteiger partial charge in [0.05, 0.1) is 0 Å². The Morgan fingerprint density at radius 3 is 2.64 bits per heavy atom. The van der Waals surface area contributed by atoms with Crippen molar-refractivity contribution in [3.8, 4) is 5.75 Å². The first-order valence-electron chi connectivity index (χ1n) is 3.64. The van der Waals surface area contributed by atoms with Gasteiger partial charge in [0.15, 0.2) is 0 Å². The molecule has 60 valence electrons. The lowest BCUT2D eigenvalue weighted by Gasteiger charge is -2.06. The van der Waals surface area contributed by atoms with Crippen LogP contribution in [0.5, 0.6) is 5.75 Å². The van der Waals surface area contributed by atoms with Gasteiger partial charge in [0.25, 0.3) is 0 Å². The fraction of sp³-hybridized carbons (Fsp3) is 0.333. The molecule has 0 saturated carbocycles. The first kappa shape index (κ1) is 8.08. The minimum atomic E-state index is 0.240. The highest BCUT2D eigenvalue weighted by molar-refractivity contribution is 5.35. The Bertz CT molecular complexity index is 245. The van der Waals surface area contributed by atoms with Crippen molar-refractivity contribution in [3.63, 3.8) is 0 Å². The molecule has 0 amide bonds. The lowest BCUT2D eigenvalue weighted by Crippen LogP contribution is -2.08. The van der Waals surface area contributed by atoms with Gasteiger partial charge in [0.2, 0.25) is 0 Å². The van der Waals surface area contributed by atoms with Crippen LogP contribution in [0.4, 0.5) is 0 Å². The molecule has 0 saturated heterocycles. The maximum atomic E-state index is 5.25. The van der Waals surface area contributed by atoms with Crippen LogP contribution >= 0.6 is 0 Å². The Balaban J connectivity index is 2.90. The second-order valence-corrected chi connectivity index (χ2v) is 2.58. The molecule has 0 radical (unpaired) electrons. The maximum Gasteiger partial charge on any atom is 0.137 e. The number of ether oxygens (including phenoxy) is 1. The predicted octanol–water partition coefficient (Wildman–Crippen LogP) is 1.60. The van der Waals surface area contributed by atoms with Crippen molar-refractivity contribution in [2.75, 3.05) is 6.73 Å². The molecular formula is C9H13NO. The summed E-state index contributed by atoms with van der Waals surface area (Å²) >= 11 is 0. The molecule has 0 aliphatic heterocycles. The van der Waals surface area contributed by atoms with Gasteiger partial charge in [-0.2, -0.15) is 0 Å². The van der Waals surface area contributed by atoms with E-state index in [2.05, 4.69) is 13.0 Å². The van der Waals surface area contributed by atoms with Crippen molar-refractivity contribution in [2.45, 2.75) is 13.8 Å².